The van der Waals surface area contributed by atoms with Crippen LogP contribution in [0.2, 0.25) is 0 Å². The van der Waals surface area contributed by atoms with E-state index in [4.69, 9.17) is 9.47 Å². The van der Waals surface area contributed by atoms with Crippen LogP contribution < -0.4 is 5.32 Å². The van der Waals surface area contributed by atoms with Gasteiger partial charge in [-0.15, -0.1) is 0 Å². The van der Waals surface area contributed by atoms with Crippen LogP contribution in [-0.2, 0) is 14.3 Å². The van der Waals surface area contributed by atoms with Crippen LogP contribution in [0.5, 0.6) is 0 Å². The van der Waals surface area contributed by atoms with E-state index in [2.05, 4.69) is 10.2 Å². The molecule has 1 spiro atoms. The molecule has 114 valence electrons. The summed E-state index contributed by atoms with van der Waals surface area (Å²) in [4.78, 5) is 14.0. The van der Waals surface area contributed by atoms with Crippen LogP contribution in [0.15, 0.2) is 24.3 Å². The van der Waals surface area contributed by atoms with Crippen molar-refractivity contribution in [3.05, 3.63) is 30.1 Å². The number of nitrogens with one attached hydrogen (secondary N) is 1. The van der Waals surface area contributed by atoms with E-state index in [9.17, 15) is 9.18 Å². The van der Waals surface area contributed by atoms with Gasteiger partial charge in [-0.05, 0) is 24.3 Å². The van der Waals surface area contributed by atoms with E-state index >= 15 is 0 Å². The Hall–Kier alpha value is -1.50. The molecule has 0 saturated carbocycles. The highest BCUT2D eigenvalue weighted by molar-refractivity contribution is 5.92. The van der Waals surface area contributed by atoms with Crippen molar-refractivity contribution < 1.29 is 18.7 Å². The van der Waals surface area contributed by atoms with Gasteiger partial charge in [-0.1, -0.05) is 0 Å². The van der Waals surface area contributed by atoms with Crippen LogP contribution in [0.3, 0.4) is 0 Å². The number of ether oxygens (including phenoxy) is 2. The molecule has 3 rings (SSSR count). The van der Waals surface area contributed by atoms with Gasteiger partial charge in [0, 0.05) is 31.6 Å². The van der Waals surface area contributed by atoms with Gasteiger partial charge in [-0.3, -0.25) is 9.69 Å². The normalized spacial score (nSPS) is 21.6. The Morgan fingerprint density at radius 2 is 1.81 bits per heavy atom. The number of benzene rings is 1. The van der Waals surface area contributed by atoms with Gasteiger partial charge in [0.05, 0.1) is 19.8 Å². The highest BCUT2D eigenvalue weighted by atomic mass is 19.1. The summed E-state index contributed by atoms with van der Waals surface area (Å²) in [5.41, 5.74) is 0.609. The number of hydrogen-bond acceptors (Lipinski definition) is 4. The third kappa shape index (κ3) is 3.58. The molecule has 0 bridgehead atoms. The molecule has 2 saturated heterocycles. The number of halogens is 1. The van der Waals surface area contributed by atoms with E-state index in [1.807, 2.05) is 0 Å². The summed E-state index contributed by atoms with van der Waals surface area (Å²) in [6.07, 6.45) is 1.58. The van der Waals surface area contributed by atoms with Crippen LogP contribution in [-0.4, -0.2) is 49.4 Å². The molecular weight excluding hydrogens is 275 g/mol. The van der Waals surface area contributed by atoms with Gasteiger partial charge in [0.25, 0.3) is 0 Å². The van der Waals surface area contributed by atoms with Gasteiger partial charge in [0.15, 0.2) is 5.79 Å². The summed E-state index contributed by atoms with van der Waals surface area (Å²) in [5.74, 6) is -0.819. The molecular formula is C15H19FN2O3. The lowest BCUT2D eigenvalue weighted by Gasteiger charge is -2.37. The van der Waals surface area contributed by atoms with E-state index < -0.39 is 5.79 Å². The number of rotatable bonds is 3. The van der Waals surface area contributed by atoms with E-state index in [1.54, 1.807) is 12.1 Å². The van der Waals surface area contributed by atoms with E-state index in [-0.39, 0.29) is 11.7 Å². The minimum Gasteiger partial charge on any atom is -0.347 e. The minimum atomic E-state index is -0.413. The number of hydrogen-bond donors (Lipinski definition) is 1. The first-order chi connectivity index (χ1) is 10.2. The number of carbonyl (C=O) groups is 1. The van der Waals surface area contributed by atoms with Crippen LogP contribution in [0, 0.1) is 5.82 Å². The van der Waals surface area contributed by atoms with Gasteiger partial charge in [0.2, 0.25) is 5.91 Å². The zero-order chi connectivity index (χ0) is 14.7. The lowest BCUT2D eigenvalue weighted by Crippen LogP contribution is -2.47. The van der Waals surface area contributed by atoms with Crippen molar-refractivity contribution in [2.45, 2.75) is 18.6 Å². The number of anilines is 1. The first-order valence-corrected chi connectivity index (χ1v) is 7.21. The van der Waals surface area contributed by atoms with Crippen molar-refractivity contribution >= 4 is 11.6 Å². The Morgan fingerprint density at radius 3 is 2.43 bits per heavy atom. The molecule has 2 heterocycles. The van der Waals surface area contributed by atoms with Crippen LogP contribution >= 0.6 is 0 Å². The Labute approximate surface area is 123 Å². The molecule has 6 heteroatoms. The molecule has 21 heavy (non-hydrogen) atoms. The molecule has 0 aromatic heterocycles. The van der Waals surface area contributed by atoms with Crippen molar-refractivity contribution in [1.29, 1.82) is 0 Å². The molecule has 2 fully saturated rings. The highest BCUT2D eigenvalue weighted by Crippen LogP contribution is 2.31. The zero-order valence-corrected chi connectivity index (χ0v) is 11.8. The molecule has 5 nitrogen and oxygen atoms in total. The summed E-state index contributed by atoms with van der Waals surface area (Å²) in [7, 11) is 0. The van der Waals surface area contributed by atoms with Crippen molar-refractivity contribution in [1.82, 2.24) is 4.90 Å². The summed E-state index contributed by atoms with van der Waals surface area (Å²) in [5, 5.41) is 2.77. The fourth-order valence-corrected chi connectivity index (χ4v) is 2.77. The number of nitrogens with zero attached hydrogens (tertiary/aromatic N) is 1. The first-order valence-electron chi connectivity index (χ1n) is 7.21. The first kappa shape index (κ1) is 14.4. The zero-order valence-electron chi connectivity index (χ0n) is 11.8. The average Bonchev–Trinajstić information content (AvgIpc) is 2.93. The van der Waals surface area contributed by atoms with Gasteiger partial charge in [-0.2, -0.15) is 0 Å². The highest BCUT2D eigenvalue weighted by Gasteiger charge is 2.39. The predicted octanol–water partition coefficient (Wildman–Crippen LogP) is 1.60. The molecule has 0 radical (unpaired) electrons. The smallest absolute Gasteiger partial charge is 0.238 e. The number of carbonyl (C=O) groups excluding carboxylic acids is 1. The SMILES string of the molecule is O=C(CN1CCC2(CC1)OCCO2)Nc1ccc(F)cc1. The van der Waals surface area contributed by atoms with Crippen LogP contribution in [0.4, 0.5) is 10.1 Å². The lowest BCUT2D eigenvalue weighted by molar-refractivity contribution is -0.185. The summed E-state index contributed by atoms with van der Waals surface area (Å²) >= 11 is 0. The lowest BCUT2D eigenvalue weighted by atomic mass is 10.0. The quantitative estimate of drug-likeness (QED) is 0.920. The van der Waals surface area contributed by atoms with Crippen molar-refractivity contribution in [2.24, 2.45) is 0 Å². The standard InChI is InChI=1S/C15H19FN2O3/c16-12-1-3-13(4-2-12)17-14(19)11-18-7-5-15(6-8-18)20-9-10-21-15/h1-4H,5-11H2,(H,17,19). The largest absolute Gasteiger partial charge is 0.347 e. The average molecular weight is 294 g/mol. The van der Waals surface area contributed by atoms with Crippen molar-refractivity contribution in [3.63, 3.8) is 0 Å². The van der Waals surface area contributed by atoms with Crippen molar-refractivity contribution in [3.8, 4) is 0 Å². The van der Waals surface area contributed by atoms with E-state index in [0.29, 0.717) is 25.4 Å². The Kier molecular flexibility index (Phi) is 4.19. The van der Waals surface area contributed by atoms with Gasteiger partial charge >= 0.3 is 0 Å². The summed E-state index contributed by atoms with van der Waals surface area (Å²) in [6, 6.07) is 5.77. The Balaban J connectivity index is 1.46. The second kappa shape index (κ2) is 6.09. The number of likely N-dealkylation sites (tertiary alicyclic amines) is 1. The fourth-order valence-electron chi connectivity index (χ4n) is 2.77. The second-order valence-electron chi connectivity index (χ2n) is 5.44. The third-order valence-electron chi connectivity index (χ3n) is 3.93. The van der Waals surface area contributed by atoms with Gasteiger partial charge < -0.3 is 14.8 Å². The van der Waals surface area contributed by atoms with E-state index in [1.165, 1.54) is 12.1 Å². The maximum absolute atomic E-state index is 12.8. The molecule has 0 atom stereocenters. The third-order valence-corrected chi connectivity index (χ3v) is 3.93. The summed E-state index contributed by atoms with van der Waals surface area (Å²) in [6.45, 7) is 3.19. The van der Waals surface area contributed by atoms with Crippen LogP contribution in [0.25, 0.3) is 0 Å². The molecule has 2 aliphatic heterocycles. The Bertz CT molecular complexity index is 490. The molecule has 0 unspecified atom stereocenters. The summed E-state index contributed by atoms with van der Waals surface area (Å²) < 4.78 is 24.1. The molecule has 1 amide bonds. The monoisotopic (exact) mass is 294 g/mol. The predicted molar refractivity (Wildman–Crippen MR) is 75.3 cm³/mol. The maximum Gasteiger partial charge on any atom is 0.238 e. The Morgan fingerprint density at radius 1 is 1.19 bits per heavy atom. The fraction of sp³-hybridized carbons (Fsp3) is 0.533. The van der Waals surface area contributed by atoms with Crippen LogP contribution in [0.1, 0.15) is 12.8 Å². The number of piperidine rings is 1. The minimum absolute atomic E-state index is 0.0918. The van der Waals surface area contributed by atoms with Gasteiger partial charge in [-0.25, -0.2) is 4.39 Å². The number of amides is 1. The molecule has 1 aromatic rings. The molecule has 2 aliphatic rings. The molecule has 1 N–H and O–H groups in total. The van der Waals surface area contributed by atoms with Crippen molar-refractivity contribution in [2.75, 3.05) is 38.2 Å². The topological polar surface area (TPSA) is 50.8 Å². The van der Waals surface area contributed by atoms with Gasteiger partial charge in [0.1, 0.15) is 5.82 Å². The second-order valence-corrected chi connectivity index (χ2v) is 5.44. The van der Waals surface area contributed by atoms with E-state index in [0.717, 1.165) is 25.9 Å². The molecule has 1 aromatic carbocycles. The molecule has 0 aliphatic carbocycles. The maximum atomic E-state index is 12.8.